The first-order chi connectivity index (χ1) is 7.72. The summed E-state index contributed by atoms with van der Waals surface area (Å²) in [7, 11) is -3.43. The minimum atomic E-state index is -3.43. The Morgan fingerprint density at radius 1 is 1.53 bits per heavy atom. The summed E-state index contributed by atoms with van der Waals surface area (Å²) >= 11 is 10.4. The zero-order valence-corrected chi connectivity index (χ0v) is 13.8. The van der Waals surface area contributed by atoms with Crippen LogP contribution in [0.3, 0.4) is 0 Å². The second-order valence-electron chi connectivity index (χ2n) is 4.06. The Balaban J connectivity index is 2.82. The van der Waals surface area contributed by atoms with Gasteiger partial charge in [-0.1, -0.05) is 0 Å². The van der Waals surface area contributed by atoms with Gasteiger partial charge < -0.3 is 0 Å². The number of hydrogen-bond acceptors (Lipinski definition) is 3. The third-order valence-electron chi connectivity index (χ3n) is 2.13. The quantitative estimate of drug-likeness (QED) is 0.817. The maximum Gasteiger partial charge on any atom is 0.250 e. The molecule has 0 aliphatic heterocycles. The van der Waals surface area contributed by atoms with E-state index >= 15 is 0 Å². The van der Waals surface area contributed by atoms with E-state index in [-0.39, 0.29) is 11.4 Å². The zero-order chi connectivity index (χ0) is 13.2. The molecule has 0 aliphatic carbocycles. The highest BCUT2D eigenvalue weighted by Crippen LogP contribution is 2.30. The first-order valence-electron chi connectivity index (χ1n) is 5.14. The normalized spacial score (nSPS) is 15.8. The Hall–Kier alpha value is 0.380. The van der Waals surface area contributed by atoms with E-state index in [0.29, 0.717) is 10.6 Å². The van der Waals surface area contributed by atoms with E-state index in [9.17, 15) is 8.42 Å². The predicted molar refractivity (Wildman–Crippen MR) is 76.5 cm³/mol. The summed E-state index contributed by atoms with van der Waals surface area (Å²) in [6, 6.07) is 1.49. The van der Waals surface area contributed by atoms with Gasteiger partial charge in [0.15, 0.2) is 0 Å². The van der Waals surface area contributed by atoms with E-state index in [1.54, 1.807) is 6.07 Å². The van der Waals surface area contributed by atoms with E-state index in [2.05, 4.69) is 20.7 Å². The molecule has 0 amide bonds. The van der Waals surface area contributed by atoms with Gasteiger partial charge in [-0.05, 0) is 54.8 Å². The Bertz CT molecular complexity index is 465. The molecule has 98 valence electrons. The second kappa shape index (κ2) is 6.02. The number of hydrogen-bond donors (Lipinski definition) is 1. The van der Waals surface area contributed by atoms with Crippen molar-refractivity contribution >= 4 is 48.9 Å². The van der Waals surface area contributed by atoms with Crippen LogP contribution in [-0.4, -0.2) is 19.8 Å². The van der Waals surface area contributed by atoms with Crippen molar-refractivity contribution in [1.29, 1.82) is 0 Å². The molecule has 2 unspecified atom stereocenters. The lowest BCUT2D eigenvalue weighted by atomic mass is 10.2. The SMILES string of the molecule is Cc1cc(S(=O)(=O)NC(C)CC(C)Cl)sc1Br. The topological polar surface area (TPSA) is 46.2 Å². The van der Waals surface area contributed by atoms with Crippen LogP contribution >= 0.6 is 38.9 Å². The van der Waals surface area contributed by atoms with Crippen LogP contribution in [0.5, 0.6) is 0 Å². The fourth-order valence-corrected chi connectivity index (χ4v) is 5.19. The number of nitrogens with one attached hydrogen (secondary N) is 1. The second-order valence-corrected chi connectivity index (χ2v) is 9.12. The molecular formula is C10H15BrClNO2S2. The molecule has 1 rings (SSSR count). The fourth-order valence-electron chi connectivity index (χ4n) is 1.42. The number of aryl methyl sites for hydroxylation is 1. The molecule has 0 saturated carbocycles. The van der Waals surface area contributed by atoms with Crippen LogP contribution in [0.25, 0.3) is 0 Å². The monoisotopic (exact) mass is 359 g/mol. The summed E-state index contributed by atoms with van der Waals surface area (Å²) in [5, 5.41) is -0.0514. The van der Waals surface area contributed by atoms with E-state index in [1.807, 2.05) is 20.8 Å². The molecule has 0 aliphatic rings. The molecular weight excluding hydrogens is 346 g/mol. The van der Waals surface area contributed by atoms with Gasteiger partial charge in [0, 0.05) is 11.4 Å². The molecule has 1 aromatic rings. The molecule has 0 spiro atoms. The molecule has 1 aromatic heterocycles. The van der Waals surface area contributed by atoms with Crippen LogP contribution in [0.1, 0.15) is 25.8 Å². The van der Waals surface area contributed by atoms with Gasteiger partial charge in [-0.3, -0.25) is 0 Å². The van der Waals surface area contributed by atoms with Gasteiger partial charge in [0.2, 0.25) is 10.0 Å². The lowest BCUT2D eigenvalue weighted by Gasteiger charge is -2.14. The Morgan fingerprint density at radius 2 is 2.12 bits per heavy atom. The molecule has 0 bridgehead atoms. The lowest BCUT2D eigenvalue weighted by molar-refractivity contribution is 0.547. The van der Waals surface area contributed by atoms with E-state index in [1.165, 1.54) is 11.3 Å². The fraction of sp³-hybridized carbons (Fsp3) is 0.600. The molecule has 17 heavy (non-hydrogen) atoms. The number of halogens is 2. The molecule has 0 saturated heterocycles. The average molecular weight is 361 g/mol. The van der Waals surface area contributed by atoms with Crippen LogP contribution in [0.2, 0.25) is 0 Å². The summed E-state index contributed by atoms with van der Waals surface area (Å²) in [6.07, 6.45) is 0.603. The van der Waals surface area contributed by atoms with Crippen molar-refractivity contribution in [2.75, 3.05) is 0 Å². The molecule has 1 N–H and O–H groups in total. The highest BCUT2D eigenvalue weighted by atomic mass is 79.9. The minimum Gasteiger partial charge on any atom is -0.208 e. The molecule has 0 radical (unpaired) electrons. The average Bonchev–Trinajstić information content (AvgIpc) is 2.44. The highest BCUT2D eigenvalue weighted by Gasteiger charge is 2.21. The molecule has 0 fully saturated rings. The van der Waals surface area contributed by atoms with Crippen LogP contribution in [0.15, 0.2) is 14.1 Å². The van der Waals surface area contributed by atoms with E-state index in [4.69, 9.17) is 11.6 Å². The standard InChI is InChI=1S/C10H15BrClNO2S2/c1-6-4-9(16-10(6)11)17(14,15)13-8(3)5-7(2)12/h4,7-8,13H,5H2,1-3H3. The molecule has 7 heteroatoms. The van der Waals surface area contributed by atoms with Crippen molar-refractivity contribution in [2.24, 2.45) is 0 Å². The largest absolute Gasteiger partial charge is 0.250 e. The molecule has 2 atom stereocenters. The lowest BCUT2D eigenvalue weighted by Crippen LogP contribution is -2.33. The van der Waals surface area contributed by atoms with Gasteiger partial charge in [-0.2, -0.15) is 0 Å². The minimum absolute atomic E-state index is 0.0514. The summed E-state index contributed by atoms with van der Waals surface area (Å²) in [5.74, 6) is 0. The Morgan fingerprint density at radius 3 is 2.53 bits per heavy atom. The van der Waals surface area contributed by atoms with E-state index < -0.39 is 10.0 Å². The summed E-state index contributed by atoms with van der Waals surface area (Å²) < 4.78 is 27.8. The van der Waals surface area contributed by atoms with Crippen molar-refractivity contribution in [3.05, 3.63) is 15.4 Å². The number of sulfonamides is 1. The molecule has 1 heterocycles. The van der Waals surface area contributed by atoms with Crippen LogP contribution < -0.4 is 4.72 Å². The number of alkyl halides is 1. The summed E-state index contributed by atoms with van der Waals surface area (Å²) in [4.78, 5) is 0. The van der Waals surface area contributed by atoms with Crippen molar-refractivity contribution in [2.45, 2.75) is 42.8 Å². The summed E-state index contributed by atoms with van der Waals surface area (Å²) in [6.45, 7) is 5.52. The molecule has 3 nitrogen and oxygen atoms in total. The van der Waals surface area contributed by atoms with Crippen molar-refractivity contribution < 1.29 is 8.42 Å². The van der Waals surface area contributed by atoms with Gasteiger partial charge in [0.25, 0.3) is 0 Å². The Kier molecular flexibility index (Phi) is 5.46. The van der Waals surface area contributed by atoms with Crippen LogP contribution in [-0.2, 0) is 10.0 Å². The van der Waals surface area contributed by atoms with Crippen LogP contribution in [0, 0.1) is 6.92 Å². The van der Waals surface area contributed by atoms with Gasteiger partial charge in [0.1, 0.15) is 4.21 Å². The van der Waals surface area contributed by atoms with Gasteiger partial charge in [0.05, 0.1) is 3.79 Å². The van der Waals surface area contributed by atoms with Crippen LogP contribution in [0.4, 0.5) is 0 Å². The van der Waals surface area contributed by atoms with Crippen molar-refractivity contribution in [3.63, 3.8) is 0 Å². The third kappa shape index (κ3) is 4.52. The number of rotatable bonds is 5. The van der Waals surface area contributed by atoms with Gasteiger partial charge >= 0.3 is 0 Å². The zero-order valence-electron chi connectivity index (χ0n) is 9.83. The first-order valence-corrected chi connectivity index (χ1v) is 8.67. The summed E-state index contributed by atoms with van der Waals surface area (Å²) in [5.41, 5.74) is 0.925. The van der Waals surface area contributed by atoms with Crippen molar-refractivity contribution in [1.82, 2.24) is 4.72 Å². The van der Waals surface area contributed by atoms with Crippen molar-refractivity contribution in [3.8, 4) is 0 Å². The molecule has 0 aromatic carbocycles. The maximum atomic E-state index is 12.0. The first kappa shape index (κ1) is 15.4. The van der Waals surface area contributed by atoms with Gasteiger partial charge in [-0.25, -0.2) is 13.1 Å². The predicted octanol–water partition coefficient (Wildman–Crippen LogP) is 3.50. The highest BCUT2D eigenvalue weighted by molar-refractivity contribution is 9.11. The smallest absolute Gasteiger partial charge is 0.208 e. The number of thiophene rings is 1. The van der Waals surface area contributed by atoms with E-state index in [0.717, 1.165) is 9.35 Å². The Labute approximate surface area is 120 Å². The van der Waals surface area contributed by atoms with Gasteiger partial charge in [-0.15, -0.1) is 22.9 Å². The third-order valence-corrected chi connectivity index (χ3v) is 6.51. The maximum absolute atomic E-state index is 12.0.